The van der Waals surface area contributed by atoms with E-state index in [2.05, 4.69) is 10.4 Å². The number of nitrogens with one attached hydrogen (secondary N) is 1. The van der Waals surface area contributed by atoms with Gasteiger partial charge in [0.2, 0.25) is 0 Å². The Kier molecular flexibility index (Phi) is 4.49. The first-order valence-corrected chi connectivity index (χ1v) is 6.67. The zero-order chi connectivity index (χ0) is 14.7. The summed E-state index contributed by atoms with van der Waals surface area (Å²) >= 11 is 0. The molecule has 20 heavy (non-hydrogen) atoms. The fourth-order valence-electron chi connectivity index (χ4n) is 2.13. The molecule has 0 fully saturated rings. The highest BCUT2D eigenvalue weighted by molar-refractivity contribution is 5.24. The fourth-order valence-corrected chi connectivity index (χ4v) is 2.13. The molecule has 1 heterocycles. The lowest BCUT2D eigenvalue weighted by molar-refractivity contribution is 0.500. The van der Waals surface area contributed by atoms with E-state index in [0.717, 1.165) is 17.8 Å². The molecule has 3 nitrogen and oxygen atoms in total. The molecule has 0 aliphatic heterocycles. The molecule has 108 valence electrons. The fraction of sp³-hybridized carbons (Fsp3) is 0.400. The normalized spacial score (nSPS) is 12.9. The molecule has 1 unspecified atom stereocenters. The second kappa shape index (κ2) is 6.13. The number of aromatic nitrogens is 2. The summed E-state index contributed by atoms with van der Waals surface area (Å²) in [5.41, 5.74) is 1.17. The van der Waals surface area contributed by atoms with Crippen molar-refractivity contribution in [3.63, 3.8) is 0 Å². The zero-order valence-corrected chi connectivity index (χ0v) is 11.9. The molecule has 1 aromatic heterocycles. The van der Waals surface area contributed by atoms with Gasteiger partial charge in [0.25, 0.3) is 0 Å². The lowest BCUT2D eigenvalue weighted by atomic mass is 10.0. The van der Waals surface area contributed by atoms with E-state index in [9.17, 15) is 8.78 Å². The van der Waals surface area contributed by atoms with Gasteiger partial charge in [0.05, 0.1) is 5.69 Å². The Morgan fingerprint density at radius 1 is 1.25 bits per heavy atom. The third-order valence-corrected chi connectivity index (χ3v) is 3.29. The van der Waals surface area contributed by atoms with Gasteiger partial charge in [0.1, 0.15) is 11.6 Å². The number of hydrogen-bond acceptors (Lipinski definition) is 2. The summed E-state index contributed by atoms with van der Waals surface area (Å²) in [6.45, 7) is 4.08. The van der Waals surface area contributed by atoms with Gasteiger partial charge in [-0.15, -0.1) is 0 Å². The Bertz CT molecular complexity index is 578. The molecule has 5 heteroatoms. The molecular weight excluding hydrogens is 260 g/mol. The Hall–Kier alpha value is -1.75. The predicted octanol–water partition coefficient (Wildman–Crippen LogP) is 3.25. The SMILES string of the molecule is CNC(Cc1ccn(C(C)C)n1)c1cc(F)ccc1F. The minimum Gasteiger partial charge on any atom is -0.313 e. The van der Waals surface area contributed by atoms with Crippen molar-refractivity contribution in [3.05, 3.63) is 53.4 Å². The second-order valence-electron chi connectivity index (χ2n) is 5.09. The lowest BCUT2D eigenvalue weighted by Crippen LogP contribution is -2.20. The Morgan fingerprint density at radius 3 is 2.60 bits per heavy atom. The largest absolute Gasteiger partial charge is 0.313 e. The first kappa shape index (κ1) is 14.7. The van der Waals surface area contributed by atoms with Crippen LogP contribution in [-0.4, -0.2) is 16.8 Å². The van der Waals surface area contributed by atoms with Crippen LogP contribution in [0.5, 0.6) is 0 Å². The van der Waals surface area contributed by atoms with Gasteiger partial charge < -0.3 is 5.32 Å². The Morgan fingerprint density at radius 2 is 2.00 bits per heavy atom. The van der Waals surface area contributed by atoms with Gasteiger partial charge in [0, 0.05) is 30.3 Å². The van der Waals surface area contributed by atoms with Crippen LogP contribution in [0, 0.1) is 11.6 Å². The molecule has 0 aliphatic rings. The molecule has 0 bridgehead atoms. The van der Waals surface area contributed by atoms with Crippen LogP contribution in [-0.2, 0) is 6.42 Å². The topological polar surface area (TPSA) is 29.9 Å². The molecule has 0 saturated heterocycles. The number of benzene rings is 1. The van der Waals surface area contributed by atoms with Gasteiger partial charge in [-0.3, -0.25) is 4.68 Å². The van der Waals surface area contributed by atoms with E-state index < -0.39 is 11.6 Å². The van der Waals surface area contributed by atoms with Gasteiger partial charge in [-0.1, -0.05) is 0 Å². The van der Waals surface area contributed by atoms with Crippen molar-refractivity contribution >= 4 is 0 Å². The van der Waals surface area contributed by atoms with E-state index in [0.29, 0.717) is 12.0 Å². The van der Waals surface area contributed by atoms with Crippen LogP contribution >= 0.6 is 0 Å². The predicted molar refractivity (Wildman–Crippen MR) is 74.5 cm³/mol. The van der Waals surface area contributed by atoms with E-state index in [-0.39, 0.29) is 12.1 Å². The summed E-state index contributed by atoms with van der Waals surface area (Å²) in [5, 5.41) is 7.45. The van der Waals surface area contributed by atoms with Crippen LogP contribution in [0.15, 0.2) is 30.5 Å². The smallest absolute Gasteiger partial charge is 0.128 e. The molecule has 1 aromatic carbocycles. The van der Waals surface area contributed by atoms with Gasteiger partial charge in [0.15, 0.2) is 0 Å². The van der Waals surface area contributed by atoms with Crippen LogP contribution in [0.3, 0.4) is 0 Å². The van der Waals surface area contributed by atoms with Gasteiger partial charge in [-0.25, -0.2) is 8.78 Å². The molecule has 0 radical (unpaired) electrons. The van der Waals surface area contributed by atoms with Crippen LogP contribution in [0.25, 0.3) is 0 Å². The summed E-state index contributed by atoms with van der Waals surface area (Å²) in [4.78, 5) is 0. The maximum absolute atomic E-state index is 13.8. The molecule has 2 aromatic rings. The first-order valence-electron chi connectivity index (χ1n) is 6.67. The van der Waals surface area contributed by atoms with E-state index in [1.165, 1.54) is 6.07 Å². The van der Waals surface area contributed by atoms with Gasteiger partial charge in [-0.2, -0.15) is 5.10 Å². The number of halogens is 2. The van der Waals surface area contributed by atoms with Gasteiger partial charge in [-0.05, 0) is 45.2 Å². The third kappa shape index (κ3) is 3.22. The van der Waals surface area contributed by atoms with E-state index in [1.807, 2.05) is 30.8 Å². The summed E-state index contributed by atoms with van der Waals surface area (Å²) in [6, 6.07) is 5.39. The third-order valence-electron chi connectivity index (χ3n) is 3.29. The lowest BCUT2D eigenvalue weighted by Gasteiger charge is -2.16. The maximum Gasteiger partial charge on any atom is 0.128 e. The van der Waals surface area contributed by atoms with Crippen molar-refractivity contribution in [2.24, 2.45) is 0 Å². The van der Waals surface area contributed by atoms with Crippen LogP contribution in [0.4, 0.5) is 8.78 Å². The van der Waals surface area contributed by atoms with Crippen molar-refractivity contribution in [2.75, 3.05) is 7.05 Å². The highest BCUT2D eigenvalue weighted by Gasteiger charge is 2.17. The summed E-state index contributed by atoms with van der Waals surface area (Å²) in [6.07, 6.45) is 2.41. The molecule has 1 N–H and O–H groups in total. The number of rotatable bonds is 5. The standard InChI is InChI=1S/C15H19F2N3/c1-10(2)20-7-6-12(19-20)9-15(18-3)13-8-11(16)4-5-14(13)17/h4-8,10,15,18H,9H2,1-3H3. The molecule has 2 rings (SSSR count). The summed E-state index contributed by atoms with van der Waals surface area (Å²) in [5.74, 6) is -0.844. The Balaban J connectivity index is 2.21. The van der Waals surface area contributed by atoms with Crippen molar-refractivity contribution in [2.45, 2.75) is 32.4 Å². The van der Waals surface area contributed by atoms with E-state index in [1.54, 1.807) is 7.05 Å². The van der Waals surface area contributed by atoms with E-state index >= 15 is 0 Å². The highest BCUT2D eigenvalue weighted by atomic mass is 19.1. The van der Waals surface area contributed by atoms with Crippen LogP contribution < -0.4 is 5.32 Å². The number of nitrogens with zero attached hydrogens (tertiary/aromatic N) is 2. The zero-order valence-electron chi connectivity index (χ0n) is 11.9. The molecule has 0 saturated carbocycles. The molecule has 0 spiro atoms. The van der Waals surface area contributed by atoms with Crippen molar-refractivity contribution < 1.29 is 8.78 Å². The van der Waals surface area contributed by atoms with Crippen LogP contribution in [0.2, 0.25) is 0 Å². The summed E-state index contributed by atoms with van der Waals surface area (Å²) in [7, 11) is 1.73. The molecular formula is C15H19F2N3. The number of likely N-dealkylation sites (N-methyl/N-ethyl adjacent to an activating group) is 1. The minimum absolute atomic E-state index is 0.280. The molecule has 0 aliphatic carbocycles. The van der Waals surface area contributed by atoms with E-state index in [4.69, 9.17) is 0 Å². The van der Waals surface area contributed by atoms with Crippen molar-refractivity contribution in [1.29, 1.82) is 0 Å². The molecule has 0 amide bonds. The average molecular weight is 279 g/mol. The summed E-state index contributed by atoms with van der Waals surface area (Å²) < 4.78 is 28.9. The maximum atomic E-state index is 13.8. The van der Waals surface area contributed by atoms with Gasteiger partial charge >= 0.3 is 0 Å². The van der Waals surface area contributed by atoms with Crippen molar-refractivity contribution in [3.8, 4) is 0 Å². The Labute approximate surface area is 117 Å². The second-order valence-corrected chi connectivity index (χ2v) is 5.09. The monoisotopic (exact) mass is 279 g/mol. The first-order chi connectivity index (χ1) is 9.51. The minimum atomic E-state index is -0.436. The van der Waals surface area contributed by atoms with Crippen LogP contribution in [0.1, 0.15) is 37.2 Å². The molecule has 1 atom stereocenters. The highest BCUT2D eigenvalue weighted by Crippen LogP contribution is 2.21. The van der Waals surface area contributed by atoms with Crippen molar-refractivity contribution in [1.82, 2.24) is 15.1 Å². The number of hydrogen-bond donors (Lipinski definition) is 1. The quantitative estimate of drug-likeness (QED) is 0.910. The average Bonchev–Trinajstić information content (AvgIpc) is 2.88.